The van der Waals surface area contributed by atoms with Gasteiger partial charge in [-0.3, -0.25) is 9.78 Å². The molecule has 0 saturated carbocycles. The van der Waals surface area contributed by atoms with Crippen LogP contribution in [0.25, 0.3) is 0 Å². The Balaban J connectivity index is 1.58. The SMILES string of the molecule is C[C@H]1CN(C(=O)c2ccncc2Cl)Cc2nnc(Cc3ccccc3)n21. The number of rotatable bonds is 3. The monoisotopic (exact) mass is 367 g/mol. The number of fused-ring (bicyclic) bond motifs is 1. The molecule has 0 spiro atoms. The van der Waals surface area contributed by atoms with Gasteiger partial charge in [0.25, 0.3) is 5.91 Å². The molecule has 0 radical (unpaired) electrons. The maximum Gasteiger partial charge on any atom is 0.255 e. The number of carbonyl (C=O) groups excluding carboxylic acids is 1. The summed E-state index contributed by atoms with van der Waals surface area (Å²) in [6, 6.07) is 11.9. The van der Waals surface area contributed by atoms with Crippen LogP contribution in [-0.4, -0.2) is 37.1 Å². The van der Waals surface area contributed by atoms with Crippen LogP contribution in [0.1, 0.15) is 40.5 Å². The summed E-state index contributed by atoms with van der Waals surface area (Å²) in [5.41, 5.74) is 1.66. The smallest absolute Gasteiger partial charge is 0.255 e. The van der Waals surface area contributed by atoms with Crippen molar-refractivity contribution in [1.82, 2.24) is 24.6 Å². The third kappa shape index (κ3) is 3.08. The van der Waals surface area contributed by atoms with Gasteiger partial charge in [0.15, 0.2) is 5.82 Å². The van der Waals surface area contributed by atoms with Crippen molar-refractivity contribution in [3.05, 3.63) is 76.6 Å². The maximum atomic E-state index is 12.8. The van der Waals surface area contributed by atoms with Crippen LogP contribution < -0.4 is 0 Å². The first-order valence-electron chi connectivity index (χ1n) is 8.49. The van der Waals surface area contributed by atoms with Crippen LogP contribution in [0.15, 0.2) is 48.8 Å². The Bertz CT molecular complexity index is 940. The number of amides is 1. The van der Waals surface area contributed by atoms with Crippen molar-refractivity contribution in [3.63, 3.8) is 0 Å². The molecule has 1 atom stereocenters. The summed E-state index contributed by atoms with van der Waals surface area (Å²) in [7, 11) is 0. The first kappa shape index (κ1) is 16.7. The zero-order valence-corrected chi connectivity index (χ0v) is 15.1. The highest BCUT2D eigenvalue weighted by atomic mass is 35.5. The standard InChI is InChI=1S/C19H18ClN5O/c1-13-11-24(19(26)15-7-8-21-10-16(15)20)12-18-23-22-17(25(13)18)9-14-5-3-2-4-6-14/h2-8,10,13H,9,11-12H2,1H3/t13-/m0/s1. The summed E-state index contributed by atoms with van der Waals surface area (Å²) in [6.07, 6.45) is 3.79. The summed E-state index contributed by atoms with van der Waals surface area (Å²) in [6.45, 7) is 3.09. The predicted octanol–water partition coefficient (Wildman–Crippen LogP) is 3.13. The molecule has 7 heteroatoms. The summed E-state index contributed by atoms with van der Waals surface area (Å²) < 4.78 is 2.14. The highest BCUT2D eigenvalue weighted by molar-refractivity contribution is 6.33. The largest absolute Gasteiger partial charge is 0.329 e. The zero-order valence-electron chi connectivity index (χ0n) is 14.3. The lowest BCUT2D eigenvalue weighted by atomic mass is 10.1. The minimum atomic E-state index is -0.108. The molecule has 1 amide bonds. The van der Waals surface area contributed by atoms with Crippen molar-refractivity contribution in [1.29, 1.82) is 0 Å². The van der Waals surface area contributed by atoms with E-state index in [-0.39, 0.29) is 11.9 Å². The molecule has 0 unspecified atom stereocenters. The fourth-order valence-electron chi connectivity index (χ4n) is 3.39. The van der Waals surface area contributed by atoms with Gasteiger partial charge in [0.1, 0.15) is 5.82 Å². The van der Waals surface area contributed by atoms with E-state index in [1.807, 2.05) is 18.2 Å². The molecule has 1 aliphatic heterocycles. The van der Waals surface area contributed by atoms with Crippen LogP contribution in [0.5, 0.6) is 0 Å². The molecule has 0 aliphatic carbocycles. The second-order valence-electron chi connectivity index (χ2n) is 6.46. The number of halogens is 1. The van der Waals surface area contributed by atoms with E-state index in [0.29, 0.717) is 23.7 Å². The van der Waals surface area contributed by atoms with E-state index in [9.17, 15) is 4.79 Å². The van der Waals surface area contributed by atoms with Crippen molar-refractivity contribution in [2.24, 2.45) is 0 Å². The zero-order chi connectivity index (χ0) is 18.1. The van der Waals surface area contributed by atoms with Crippen molar-refractivity contribution in [3.8, 4) is 0 Å². The van der Waals surface area contributed by atoms with Gasteiger partial charge in [0.2, 0.25) is 0 Å². The maximum absolute atomic E-state index is 12.8. The number of benzene rings is 1. The highest BCUT2D eigenvalue weighted by Crippen LogP contribution is 2.25. The molecule has 0 bridgehead atoms. The van der Waals surface area contributed by atoms with Gasteiger partial charge in [-0.05, 0) is 18.6 Å². The molecule has 6 nitrogen and oxygen atoms in total. The number of pyridine rings is 1. The summed E-state index contributed by atoms with van der Waals surface area (Å²) in [5, 5.41) is 9.06. The Kier molecular flexibility index (Phi) is 4.42. The second kappa shape index (κ2) is 6.88. The van der Waals surface area contributed by atoms with Crippen LogP contribution in [0, 0.1) is 0 Å². The lowest BCUT2D eigenvalue weighted by Crippen LogP contribution is -2.41. The fraction of sp³-hybridized carbons (Fsp3) is 0.263. The van der Waals surface area contributed by atoms with Gasteiger partial charge in [-0.15, -0.1) is 10.2 Å². The number of aromatic nitrogens is 4. The van der Waals surface area contributed by atoms with Crippen LogP contribution in [0.2, 0.25) is 5.02 Å². The topological polar surface area (TPSA) is 63.9 Å². The van der Waals surface area contributed by atoms with Crippen LogP contribution >= 0.6 is 11.6 Å². The molecular formula is C19H18ClN5O. The minimum absolute atomic E-state index is 0.0945. The van der Waals surface area contributed by atoms with Crippen molar-refractivity contribution in [2.45, 2.75) is 25.9 Å². The van der Waals surface area contributed by atoms with Gasteiger partial charge in [-0.25, -0.2) is 0 Å². The van der Waals surface area contributed by atoms with Crippen molar-refractivity contribution < 1.29 is 4.79 Å². The number of carbonyl (C=O) groups is 1. The van der Waals surface area contributed by atoms with E-state index in [2.05, 4.69) is 38.8 Å². The molecule has 3 heterocycles. The molecule has 1 aromatic carbocycles. The molecule has 26 heavy (non-hydrogen) atoms. The Labute approximate surface area is 156 Å². The average Bonchev–Trinajstić information content (AvgIpc) is 3.06. The number of nitrogens with zero attached hydrogens (tertiary/aromatic N) is 5. The lowest BCUT2D eigenvalue weighted by Gasteiger charge is -2.32. The predicted molar refractivity (Wildman–Crippen MR) is 98.0 cm³/mol. The van der Waals surface area contributed by atoms with Gasteiger partial charge < -0.3 is 9.47 Å². The summed E-state index contributed by atoms with van der Waals surface area (Å²) in [5.74, 6) is 1.61. The first-order chi connectivity index (χ1) is 12.6. The quantitative estimate of drug-likeness (QED) is 0.713. The summed E-state index contributed by atoms with van der Waals surface area (Å²) in [4.78, 5) is 18.5. The molecule has 2 aromatic heterocycles. The van der Waals surface area contributed by atoms with Crippen LogP contribution in [-0.2, 0) is 13.0 Å². The number of hydrogen-bond acceptors (Lipinski definition) is 4. The Hall–Kier alpha value is -2.73. The average molecular weight is 368 g/mol. The highest BCUT2D eigenvalue weighted by Gasteiger charge is 2.30. The van der Waals surface area contributed by atoms with Crippen molar-refractivity contribution in [2.75, 3.05) is 6.54 Å². The van der Waals surface area contributed by atoms with E-state index in [1.54, 1.807) is 17.2 Å². The summed E-state index contributed by atoms with van der Waals surface area (Å²) >= 11 is 6.13. The van der Waals surface area contributed by atoms with Gasteiger partial charge >= 0.3 is 0 Å². The normalized spacial score (nSPS) is 16.4. The van der Waals surface area contributed by atoms with Crippen molar-refractivity contribution >= 4 is 17.5 Å². The first-order valence-corrected chi connectivity index (χ1v) is 8.86. The lowest BCUT2D eigenvalue weighted by molar-refractivity contribution is 0.0680. The second-order valence-corrected chi connectivity index (χ2v) is 6.86. The Morgan fingerprint density at radius 2 is 2.04 bits per heavy atom. The van der Waals surface area contributed by atoms with Gasteiger partial charge in [0.05, 0.1) is 23.2 Å². The molecule has 0 N–H and O–H groups in total. The van der Waals surface area contributed by atoms with E-state index in [0.717, 1.165) is 18.1 Å². The van der Waals surface area contributed by atoms with E-state index in [1.165, 1.54) is 11.8 Å². The Morgan fingerprint density at radius 1 is 1.23 bits per heavy atom. The van der Waals surface area contributed by atoms with Crippen LogP contribution in [0.4, 0.5) is 0 Å². The van der Waals surface area contributed by atoms with E-state index < -0.39 is 0 Å². The van der Waals surface area contributed by atoms with E-state index in [4.69, 9.17) is 11.6 Å². The minimum Gasteiger partial charge on any atom is -0.329 e. The molecule has 0 saturated heterocycles. The molecular weight excluding hydrogens is 350 g/mol. The molecule has 132 valence electrons. The van der Waals surface area contributed by atoms with Crippen LogP contribution in [0.3, 0.4) is 0 Å². The van der Waals surface area contributed by atoms with Gasteiger partial charge in [-0.1, -0.05) is 41.9 Å². The third-order valence-corrected chi connectivity index (χ3v) is 4.89. The molecule has 4 rings (SSSR count). The molecule has 3 aromatic rings. The third-order valence-electron chi connectivity index (χ3n) is 4.59. The van der Waals surface area contributed by atoms with E-state index >= 15 is 0 Å². The Morgan fingerprint density at radius 3 is 2.81 bits per heavy atom. The van der Waals surface area contributed by atoms with Gasteiger partial charge in [-0.2, -0.15) is 0 Å². The van der Waals surface area contributed by atoms with Gasteiger partial charge in [0, 0.05) is 25.4 Å². The molecule has 0 fully saturated rings. The molecule has 1 aliphatic rings. The fourth-order valence-corrected chi connectivity index (χ4v) is 3.59. The number of hydrogen-bond donors (Lipinski definition) is 0.